The molecule has 0 aromatic carbocycles. The fourth-order valence-electron chi connectivity index (χ4n) is 1.71. The Hall–Kier alpha value is -2.69. The van der Waals surface area contributed by atoms with Crippen molar-refractivity contribution >= 4 is 29.7 Å². The lowest BCUT2D eigenvalue weighted by atomic mass is 10.0. The number of carbonyl (C=O) groups excluding carboxylic acids is 2. The maximum atomic E-state index is 12.1. The normalized spacial score (nSPS) is 14.3. The van der Waals surface area contributed by atoms with Gasteiger partial charge in [-0.15, -0.1) is 0 Å². The number of hydrogen-bond acceptors (Lipinski definition) is 6. The van der Waals surface area contributed by atoms with Crippen LogP contribution in [0, 0.1) is 5.92 Å². The van der Waals surface area contributed by atoms with E-state index < -0.39 is 66.6 Å². The summed E-state index contributed by atoms with van der Waals surface area (Å²) in [6.45, 7) is 3.11. The molecule has 0 unspecified atom stereocenters. The Balaban J connectivity index is 5.00. The van der Waals surface area contributed by atoms with Gasteiger partial charge in [-0.05, 0) is 5.92 Å². The molecular weight excluding hydrogens is 326 g/mol. The van der Waals surface area contributed by atoms with E-state index in [9.17, 15) is 24.0 Å². The Morgan fingerprint density at radius 3 is 1.75 bits per heavy atom. The molecule has 0 aromatic heterocycles. The first-order valence-corrected chi connectivity index (χ1v) is 6.98. The second-order valence-corrected chi connectivity index (χ2v) is 5.43. The zero-order valence-electron chi connectivity index (χ0n) is 13.2. The highest BCUT2D eigenvalue weighted by atomic mass is 16.4. The summed E-state index contributed by atoms with van der Waals surface area (Å²) in [7, 11) is 0. The molecule has 7 N–H and O–H groups in total. The van der Waals surface area contributed by atoms with Crippen molar-refractivity contribution in [3.05, 3.63) is 0 Å². The number of amides is 2. The van der Waals surface area contributed by atoms with Gasteiger partial charge < -0.3 is 31.7 Å². The molecule has 2 amide bonds. The largest absolute Gasteiger partial charge is 0.481 e. The van der Waals surface area contributed by atoms with Crippen LogP contribution in [0.1, 0.15) is 26.7 Å². The van der Waals surface area contributed by atoms with Crippen molar-refractivity contribution in [3.8, 4) is 0 Å². The number of carboxylic acid groups (broad SMARTS) is 3. The number of aliphatic carboxylic acids is 3. The van der Waals surface area contributed by atoms with Crippen molar-refractivity contribution < 1.29 is 39.3 Å². The van der Waals surface area contributed by atoms with E-state index in [4.69, 9.17) is 21.1 Å². The van der Waals surface area contributed by atoms with Crippen LogP contribution < -0.4 is 16.4 Å². The van der Waals surface area contributed by atoms with E-state index in [0.29, 0.717) is 0 Å². The van der Waals surface area contributed by atoms with Gasteiger partial charge in [0.05, 0.1) is 18.9 Å². The quantitative estimate of drug-likeness (QED) is 0.258. The molecular formula is C13H21N3O8. The second kappa shape index (κ2) is 9.45. The average molecular weight is 347 g/mol. The minimum atomic E-state index is -1.67. The summed E-state index contributed by atoms with van der Waals surface area (Å²) in [5, 5.41) is 30.4. The van der Waals surface area contributed by atoms with Crippen LogP contribution in [0.3, 0.4) is 0 Å². The Morgan fingerprint density at radius 1 is 0.875 bits per heavy atom. The van der Waals surface area contributed by atoms with Gasteiger partial charge in [0.25, 0.3) is 0 Å². The summed E-state index contributed by atoms with van der Waals surface area (Å²) in [5.74, 6) is -6.54. The van der Waals surface area contributed by atoms with Gasteiger partial charge >= 0.3 is 17.9 Å². The van der Waals surface area contributed by atoms with Gasteiger partial charge in [0.2, 0.25) is 11.8 Å². The van der Waals surface area contributed by atoms with Crippen molar-refractivity contribution in [1.29, 1.82) is 0 Å². The molecule has 24 heavy (non-hydrogen) atoms. The molecule has 0 fully saturated rings. The summed E-state index contributed by atoms with van der Waals surface area (Å²) in [4.78, 5) is 56.0. The van der Waals surface area contributed by atoms with Crippen molar-refractivity contribution in [2.75, 3.05) is 0 Å². The molecule has 11 heteroatoms. The Labute approximate surface area is 137 Å². The fourth-order valence-corrected chi connectivity index (χ4v) is 1.71. The summed E-state index contributed by atoms with van der Waals surface area (Å²) in [6, 6.07) is -4.25. The van der Waals surface area contributed by atoms with Crippen LogP contribution >= 0.6 is 0 Å². The van der Waals surface area contributed by atoms with Gasteiger partial charge in [-0.3, -0.25) is 19.2 Å². The predicted octanol–water partition coefficient (Wildman–Crippen LogP) is -2.03. The molecule has 0 heterocycles. The summed E-state index contributed by atoms with van der Waals surface area (Å²) in [6.07, 6.45) is -1.48. The van der Waals surface area contributed by atoms with E-state index >= 15 is 0 Å². The highest BCUT2D eigenvalue weighted by molar-refractivity contribution is 5.93. The third-order valence-corrected chi connectivity index (χ3v) is 2.97. The van der Waals surface area contributed by atoms with Crippen molar-refractivity contribution in [2.24, 2.45) is 11.7 Å². The number of carbonyl (C=O) groups is 5. The van der Waals surface area contributed by atoms with E-state index in [2.05, 4.69) is 5.32 Å². The summed E-state index contributed by atoms with van der Waals surface area (Å²) >= 11 is 0. The van der Waals surface area contributed by atoms with Gasteiger partial charge in [-0.1, -0.05) is 13.8 Å². The van der Waals surface area contributed by atoms with Gasteiger partial charge in [0.1, 0.15) is 12.1 Å². The van der Waals surface area contributed by atoms with E-state index in [1.807, 2.05) is 5.32 Å². The third-order valence-electron chi connectivity index (χ3n) is 2.97. The zero-order chi connectivity index (χ0) is 19.0. The summed E-state index contributed by atoms with van der Waals surface area (Å²) < 4.78 is 0. The number of rotatable bonds is 10. The smallest absolute Gasteiger partial charge is 0.326 e. The first-order valence-electron chi connectivity index (χ1n) is 6.98. The molecule has 0 saturated carbocycles. The molecule has 0 aliphatic rings. The number of nitrogens with one attached hydrogen (secondary N) is 2. The number of hydrogen-bond donors (Lipinski definition) is 6. The first-order chi connectivity index (χ1) is 11.0. The van der Waals surface area contributed by atoms with E-state index in [0.717, 1.165) is 0 Å². The maximum absolute atomic E-state index is 12.1. The van der Waals surface area contributed by atoms with Crippen LogP contribution in [0.15, 0.2) is 0 Å². The predicted molar refractivity (Wildman–Crippen MR) is 78.8 cm³/mol. The second-order valence-electron chi connectivity index (χ2n) is 5.43. The van der Waals surface area contributed by atoms with E-state index in [1.54, 1.807) is 13.8 Å². The van der Waals surface area contributed by atoms with Gasteiger partial charge in [-0.25, -0.2) is 4.79 Å². The molecule has 0 rings (SSSR count). The molecule has 0 spiro atoms. The Bertz CT molecular complexity index is 519. The van der Waals surface area contributed by atoms with Crippen molar-refractivity contribution in [3.63, 3.8) is 0 Å². The van der Waals surface area contributed by atoms with Crippen molar-refractivity contribution in [2.45, 2.75) is 44.8 Å². The highest BCUT2D eigenvalue weighted by Crippen LogP contribution is 2.05. The SMILES string of the molecule is CC(C)[C@H](NC(=O)[C@@H](N)CC(=O)O)C(=O)N[C@@H](CC(=O)O)C(=O)O. The standard InChI is InChI=1S/C13H21N3O8/c1-5(2)10(16-11(21)6(14)3-8(17)18)12(22)15-7(13(23)24)4-9(19)20/h5-7,10H,3-4,14H2,1-2H3,(H,15,22)(H,16,21)(H,17,18)(H,19,20)(H,23,24)/t6-,7-,10-/m0/s1. The maximum Gasteiger partial charge on any atom is 0.326 e. The minimum Gasteiger partial charge on any atom is -0.481 e. The molecule has 0 radical (unpaired) electrons. The zero-order valence-corrected chi connectivity index (χ0v) is 13.2. The monoisotopic (exact) mass is 347 g/mol. The Morgan fingerprint density at radius 2 is 1.38 bits per heavy atom. The molecule has 0 aliphatic carbocycles. The third kappa shape index (κ3) is 7.54. The van der Waals surface area contributed by atoms with Crippen LogP contribution in [0.4, 0.5) is 0 Å². The molecule has 0 aromatic rings. The molecule has 11 nitrogen and oxygen atoms in total. The minimum absolute atomic E-state index is 0.481. The van der Waals surface area contributed by atoms with E-state index in [1.165, 1.54) is 0 Å². The number of carboxylic acids is 3. The lowest BCUT2D eigenvalue weighted by molar-refractivity contribution is -0.147. The lowest BCUT2D eigenvalue weighted by Crippen LogP contribution is -2.56. The number of nitrogens with two attached hydrogens (primary N) is 1. The van der Waals surface area contributed by atoms with Crippen LogP contribution in [0.2, 0.25) is 0 Å². The Kier molecular flexibility index (Phi) is 8.39. The molecule has 0 aliphatic heterocycles. The highest BCUT2D eigenvalue weighted by Gasteiger charge is 2.31. The van der Waals surface area contributed by atoms with E-state index in [-0.39, 0.29) is 0 Å². The van der Waals surface area contributed by atoms with Gasteiger partial charge in [0, 0.05) is 0 Å². The summed E-state index contributed by atoms with van der Waals surface area (Å²) in [5.41, 5.74) is 5.39. The van der Waals surface area contributed by atoms with Gasteiger partial charge in [0.15, 0.2) is 0 Å². The van der Waals surface area contributed by atoms with Crippen LogP contribution in [-0.2, 0) is 24.0 Å². The lowest BCUT2D eigenvalue weighted by Gasteiger charge is -2.24. The molecule has 0 saturated heterocycles. The average Bonchev–Trinajstić information content (AvgIpc) is 2.41. The van der Waals surface area contributed by atoms with Crippen LogP contribution in [-0.4, -0.2) is 63.2 Å². The molecule has 0 bridgehead atoms. The first kappa shape index (κ1) is 21.3. The topological polar surface area (TPSA) is 196 Å². The van der Waals surface area contributed by atoms with Crippen LogP contribution in [0.5, 0.6) is 0 Å². The molecule has 3 atom stereocenters. The van der Waals surface area contributed by atoms with Gasteiger partial charge in [-0.2, -0.15) is 0 Å². The fraction of sp³-hybridized carbons (Fsp3) is 0.615. The van der Waals surface area contributed by atoms with Crippen LogP contribution in [0.25, 0.3) is 0 Å². The van der Waals surface area contributed by atoms with Crippen molar-refractivity contribution in [1.82, 2.24) is 10.6 Å². The molecule has 136 valence electrons.